The monoisotopic (exact) mass is 441 g/mol. The summed E-state index contributed by atoms with van der Waals surface area (Å²) in [7, 11) is 0. The molecule has 25 heavy (non-hydrogen) atoms. The van der Waals surface area contributed by atoms with E-state index in [1.54, 1.807) is 24.3 Å². The van der Waals surface area contributed by atoms with Crippen LogP contribution in [0.1, 0.15) is 26.1 Å². The Bertz CT molecular complexity index is 924. The fourth-order valence-electron chi connectivity index (χ4n) is 1.86. The molecule has 0 saturated heterocycles. The van der Waals surface area contributed by atoms with Crippen molar-refractivity contribution in [3.63, 3.8) is 0 Å². The van der Waals surface area contributed by atoms with Gasteiger partial charge < -0.3 is 9.73 Å². The number of amides is 1. The first-order valence-electron chi connectivity index (χ1n) is 6.99. The van der Waals surface area contributed by atoms with Gasteiger partial charge in [-0.2, -0.15) is 0 Å². The lowest BCUT2D eigenvalue weighted by atomic mass is 10.2. The highest BCUT2D eigenvalue weighted by molar-refractivity contribution is 9.10. The lowest BCUT2D eigenvalue weighted by Gasteiger charge is -2.02. The van der Waals surface area contributed by atoms with Gasteiger partial charge >= 0.3 is 0 Å². The number of furan rings is 1. The number of nitrogens with one attached hydrogen (secondary N) is 1. The molecule has 0 aliphatic rings. The van der Waals surface area contributed by atoms with Crippen LogP contribution in [-0.2, 0) is 6.54 Å². The maximum atomic E-state index is 12.9. The molecule has 0 bridgehead atoms. The first-order chi connectivity index (χ1) is 12.0. The average molecular weight is 443 g/mol. The van der Waals surface area contributed by atoms with E-state index >= 15 is 0 Å². The number of rotatable bonds is 5. The summed E-state index contributed by atoms with van der Waals surface area (Å²) in [6.07, 6.45) is 3.12. The number of halogens is 3. The van der Waals surface area contributed by atoms with Crippen molar-refractivity contribution in [1.29, 1.82) is 0 Å². The molecule has 3 aromatic rings. The molecule has 0 saturated carbocycles. The zero-order valence-electron chi connectivity index (χ0n) is 12.5. The average Bonchev–Trinajstić information content (AvgIpc) is 3.23. The van der Waals surface area contributed by atoms with Gasteiger partial charge in [-0.05, 0) is 39.7 Å². The molecule has 0 fully saturated rings. The number of carbonyl (C=O) groups excluding carboxylic acids is 1. The number of carbonyl (C=O) groups is 1. The fraction of sp³-hybridized carbons (Fsp3) is 0.0625. The van der Waals surface area contributed by atoms with Crippen LogP contribution in [0.2, 0.25) is 0 Å². The Morgan fingerprint density at radius 3 is 2.72 bits per heavy atom. The molecule has 0 radical (unpaired) electrons. The molecule has 1 amide bonds. The maximum absolute atomic E-state index is 12.9. The van der Waals surface area contributed by atoms with Crippen LogP contribution in [0.4, 0.5) is 4.39 Å². The van der Waals surface area contributed by atoms with Crippen LogP contribution >= 0.6 is 38.9 Å². The summed E-state index contributed by atoms with van der Waals surface area (Å²) in [6.45, 7) is 0.262. The molecule has 1 aromatic carbocycles. The fourth-order valence-corrected chi connectivity index (χ4v) is 3.11. The predicted molar refractivity (Wildman–Crippen MR) is 97.6 cm³/mol. The van der Waals surface area contributed by atoms with E-state index in [2.05, 4.69) is 31.4 Å². The van der Waals surface area contributed by atoms with Crippen molar-refractivity contribution in [2.75, 3.05) is 0 Å². The third-order valence-electron chi connectivity index (χ3n) is 3.05. The van der Waals surface area contributed by atoms with Gasteiger partial charge in [0.25, 0.3) is 5.91 Å². The molecule has 128 valence electrons. The summed E-state index contributed by atoms with van der Waals surface area (Å²) >= 11 is 10.5. The molecule has 0 atom stereocenters. The Balaban J connectivity index is 1.64. The van der Waals surface area contributed by atoms with Gasteiger partial charge in [0.1, 0.15) is 17.8 Å². The van der Waals surface area contributed by atoms with E-state index in [0.29, 0.717) is 15.8 Å². The van der Waals surface area contributed by atoms with Crippen LogP contribution in [-0.4, -0.2) is 16.1 Å². The second-order valence-corrected chi connectivity index (χ2v) is 7.18. The quantitative estimate of drug-likeness (QED) is 0.622. The molecule has 2 heterocycles. The summed E-state index contributed by atoms with van der Waals surface area (Å²) in [5.41, 5.74) is 0.779. The molecule has 9 heteroatoms. The van der Waals surface area contributed by atoms with Crippen LogP contribution in [0.25, 0.3) is 11.1 Å². The number of aromatic nitrogens is 2. The maximum Gasteiger partial charge on any atom is 0.282 e. The largest absolute Gasteiger partial charge is 0.464 e. The van der Waals surface area contributed by atoms with Gasteiger partial charge in [-0.25, -0.2) is 4.39 Å². The highest BCUT2D eigenvalue weighted by atomic mass is 79.9. The smallest absolute Gasteiger partial charge is 0.282 e. The Morgan fingerprint density at radius 1 is 1.32 bits per heavy atom. The van der Waals surface area contributed by atoms with Crippen molar-refractivity contribution in [2.24, 2.45) is 0 Å². The Hall–Kier alpha value is -2.03. The van der Waals surface area contributed by atoms with Crippen LogP contribution in [0.15, 0.2) is 45.5 Å². The van der Waals surface area contributed by atoms with Crippen molar-refractivity contribution in [2.45, 2.75) is 6.54 Å². The molecule has 3 rings (SSSR count). The van der Waals surface area contributed by atoms with E-state index < -0.39 is 0 Å². The lowest BCUT2D eigenvalue weighted by Crippen LogP contribution is -2.22. The molecule has 1 N–H and O–H groups in total. The van der Waals surface area contributed by atoms with Crippen LogP contribution < -0.4 is 5.32 Å². The number of benzene rings is 1. The van der Waals surface area contributed by atoms with E-state index in [1.807, 2.05) is 0 Å². The zero-order chi connectivity index (χ0) is 17.8. The minimum atomic E-state index is -0.377. The van der Waals surface area contributed by atoms with Crippen molar-refractivity contribution in [3.05, 3.63) is 68.2 Å². The van der Waals surface area contributed by atoms with E-state index in [9.17, 15) is 9.18 Å². The van der Waals surface area contributed by atoms with Crippen molar-refractivity contribution in [3.8, 4) is 0 Å². The van der Waals surface area contributed by atoms with Crippen molar-refractivity contribution in [1.82, 2.24) is 15.5 Å². The summed E-state index contributed by atoms with van der Waals surface area (Å²) in [4.78, 5) is 12.1. The second-order valence-electron chi connectivity index (χ2n) is 4.88. The van der Waals surface area contributed by atoms with Gasteiger partial charge in [0, 0.05) is 12.6 Å². The minimum Gasteiger partial charge on any atom is -0.464 e. The molecule has 0 aliphatic carbocycles. The normalized spacial score (nSPS) is 11.6. The minimum absolute atomic E-state index is 0.185. The first kappa shape index (κ1) is 17.8. The number of hydrogen-bond donors (Lipinski definition) is 1. The Labute approximate surface area is 159 Å². The molecular weight excluding hydrogens is 433 g/mol. The van der Waals surface area contributed by atoms with Crippen LogP contribution in [0, 0.1) is 5.82 Å². The topological polar surface area (TPSA) is 68.0 Å². The molecule has 2 aromatic heterocycles. The van der Waals surface area contributed by atoms with Gasteiger partial charge in [0.2, 0.25) is 5.01 Å². The molecular formula is C16H10BrClFN3O2S. The van der Waals surface area contributed by atoms with Crippen LogP contribution in [0.3, 0.4) is 0 Å². The summed E-state index contributed by atoms with van der Waals surface area (Å²) < 4.78 is 18.9. The lowest BCUT2D eigenvalue weighted by molar-refractivity contribution is 0.0950. The van der Waals surface area contributed by atoms with E-state index in [4.69, 9.17) is 16.0 Å². The summed E-state index contributed by atoms with van der Waals surface area (Å²) in [5.74, 6) is -0.151. The van der Waals surface area contributed by atoms with E-state index in [0.717, 1.165) is 21.4 Å². The van der Waals surface area contributed by atoms with Gasteiger partial charge in [-0.1, -0.05) is 35.1 Å². The van der Waals surface area contributed by atoms with Gasteiger partial charge in [-0.3, -0.25) is 4.79 Å². The van der Waals surface area contributed by atoms with Gasteiger partial charge in [0.05, 0.1) is 9.51 Å². The summed E-state index contributed by atoms with van der Waals surface area (Å²) in [5, 5.41) is 11.4. The highest BCUT2D eigenvalue weighted by Crippen LogP contribution is 2.26. The van der Waals surface area contributed by atoms with E-state index in [1.165, 1.54) is 18.4 Å². The van der Waals surface area contributed by atoms with Crippen molar-refractivity contribution >= 4 is 55.9 Å². The second kappa shape index (κ2) is 7.90. The van der Waals surface area contributed by atoms with Crippen molar-refractivity contribution < 1.29 is 13.6 Å². The Kier molecular flexibility index (Phi) is 5.62. The summed E-state index contributed by atoms with van der Waals surface area (Å²) in [6, 6.07) is 7.62. The molecule has 0 spiro atoms. The van der Waals surface area contributed by atoms with E-state index in [-0.39, 0.29) is 23.3 Å². The standard InChI is InChI=1S/C16H10BrClFN3O2S/c17-10-5-12(24-8-10)6-13(18)15-21-22-16(25-15)14(23)20-7-9-1-3-11(19)4-2-9/h1-6,8H,7H2,(H,20,23). The highest BCUT2D eigenvalue weighted by Gasteiger charge is 2.14. The van der Waals surface area contributed by atoms with Gasteiger partial charge in [-0.15, -0.1) is 10.2 Å². The predicted octanol–water partition coefficient (Wildman–Crippen LogP) is 4.70. The first-order valence-corrected chi connectivity index (χ1v) is 8.98. The number of hydrogen-bond acceptors (Lipinski definition) is 5. The zero-order valence-corrected chi connectivity index (χ0v) is 15.7. The number of nitrogens with zero attached hydrogens (tertiary/aromatic N) is 2. The third kappa shape index (κ3) is 4.75. The third-order valence-corrected chi connectivity index (χ3v) is 4.82. The molecule has 0 unspecified atom stereocenters. The van der Waals surface area contributed by atoms with Crippen LogP contribution in [0.5, 0.6) is 0 Å². The van der Waals surface area contributed by atoms with Gasteiger partial charge in [0.15, 0.2) is 5.01 Å². The molecule has 0 aliphatic heterocycles. The SMILES string of the molecule is O=C(NCc1ccc(F)cc1)c1nnc(C(Cl)=Cc2cc(Br)co2)s1. The molecule has 5 nitrogen and oxygen atoms in total. The Morgan fingerprint density at radius 2 is 2.04 bits per heavy atom.